The van der Waals surface area contributed by atoms with E-state index in [-0.39, 0.29) is 12.0 Å². The molecule has 1 rings (SSSR count). The van der Waals surface area contributed by atoms with Crippen molar-refractivity contribution in [2.24, 2.45) is 5.92 Å². The fourth-order valence-electron chi connectivity index (χ4n) is 1.93. The zero-order valence-electron chi connectivity index (χ0n) is 10.4. The number of ether oxygens (including phenoxy) is 1. The van der Waals surface area contributed by atoms with Crippen molar-refractivity contribution in [3.63, 3.8) is 0 Å². The van der Waals surface area contributed by atoms with Crippen molar-refractivity contribution in [1.82, 2.24) is 10.6 Å². The van der Waals surface area contributed by atoms with Gasteiger partial charge in [-0.1, -0.05) is 0 Å². The maximum Gasteiger partial charge on any atom is 0.220 e. The third kappa shape index (κ3) is 5.47. The summed E-state index contributed by atoms with van der Waals surface area (Å²) in [6.07, 6.45) is 4.24. The smallest absolute Gasteiger partial charge is 0.220 e. The van der Waals surface area contributed by atoms with Gasteiger partial charge in [0.15, 0.2) is 0 Å². The number of hydrogen-bond donors (Lipinski definition) is 2. The number of piperidine rings is 1. The van der Waals surface area contributed by atoms with Crippen molar-refractivity contribution >= 4 is 5.91 Å². The predicted octanol–water partition coefficient (Wildman–Crippen LogP) is 0.917. The van der Waals surface area contributed by atoms with Gasteiger partial charge in [-0.15, -0.1) is 0 Å². The van der Waals surface area contributed by atoms with Crippen LogP contribution in [-0.4, -0.2) is 38.8 Å². The molecule has 0 aliphatic carbocycles. The summed E-state index contributed by atoms with van der Waals surface area (Å²) in [7, 11) is 1.66. The maximum absolute atomic E-state index is 11.5. The van der Waals surface area contributed by atoms with Crippen molar-refractivity contribution in [3.8, 4) is 0 Å². The number of carbonyl (C=O) groups is 1. The molecule has 94 valence electrons. The molecule has 4 heteroatoms. The average Bonchev–Trinajstić information content (AvgIpc) is 2.34. The van der Waals surface area contributed by atoms with E-state index in [0.717, 1.165) is 19.5 Å². The second kappa shape index (κ2) is 7.63. The lowest BCUT2D eigenvalue weighted by molar-refractivity contribution is -0.121. The van der Waals surface area contributed by atoms with Gasteiger partial charge < -0.3 is 15.4 Å². The lowest BCUT2D eigenvalue weighted by Gasteiger charge is -2.22. The Labute approximate surface area is 98.1 Å². The van der Waals surface area contributed by atoms with Gasteiger partial charge in [0.1, 0.15) is 0 Å². The van der Waals surface area contributed by atoms with E-state index in [4.69, 9.17) is 4.74 Å². The quantitative estimate of drug-likeness (QED) is 0.710. The zero-order valence-corrected chi connectivity index (χ0v) is 10.4. The predicted molar refractivity (Wildman–Crippen MR) is 64.3 cm³/mol. The molecule has 4 nitrogen and oxygen atoms in total. The Morgan fingerprint density at radius 3 is 3.06 bits per heavy atom. The molecule has 0 bridgehead atoms. The molecule has 16 heavy (non-hydrogen) atoms. The van der Waals surface area contributed by atoms with Crippen LogP contribution in [0, 0.1) is 5.92 Å². The zero-order chi connectivity index (χ0) is 11.8. The van der Waals surface area contributed by atoms with Crippen LogP contribution in [0.2, 0.25) is 0 Å². The van der Waals surface area contributed by atoms with Gasteiger partial charge in [-0.3, -0.25) is 4.79 Å². The first-order chi connectivity index (χ1) is 7.72. The summed E-state index contributed by atoms with van der Waals surface area (Å²) in [6.45, 7) is 4.76. The molecule has 0 aromatic heterocycles. The van der Waals surface area contributed by atoms with Gasteiger partial charge in [0, 0.05) is 20.1 Å². The van der Waals surface area contributed by atoms with Crippen LogP contribution in [0.15, 0.2) is 0 Å². The minimum Gasteiger partial charge on any atom is -0.380 e. The van der Waals surface area contributed by atoms with E-state index >= 15 is 0 Å². The van der Waals surface area contributed by atoms with Crippen molar-refractivity contribution in [1.29, 1.82) is 0 Å². The molecule has 1 aliphatic heterocycles. The highest BCUT2D eigenvalue weighted by atomic mass is 16.5. The molecule has 1 aliphatic rings. The molecule has 2 N–H and O–H groups in total. The minimum absolute atomic E-state index is 0.0975. The first-order valence-corrected chi connectivity index (χ1v) is 6.22. The summed E-state index contributed by atoms with van der Waals surface area (Å²) in [5.41, 5.74) is 0. The highest BCUT2D eigenvalue weighted by molar-refractivity contribution is 5.75. The Kier molecular flexibility index (Phi) is 6.42. The Bertz CT molecular complexity index is 203. The van der Waals surface area contributed by atoms with E-state index in [1.54, 1.807) is 7.11 Å². The molecule has 2 unspecified atom stereocenters. The molecule has 0 spiro atoms. The van der Waals surface area contributed by atoms with Crippen LogP contribution in [-0.2, 0) is 9.53 Å². The normalized spacial score (nSPS) is 22.8. The molecule has 0 radical (unpaired) electrons. The molecule has 2 atom stereocenters. The van der Waals surface area contributed by atoms with Gasteiger partial charge >= 0.3 is 0 Å². The van der Waals surface area contributed by atoms with E-state index in [0.29, 0.717) is 18.9 Å². The van der Waals surface area contributed by atoms with E-state index in [2.05, 4.69) is 10.6 Å². The fraction of sp³-hybridized carbons (Fsp3) is 0.917. The van der Waals surface area contributed by atoms with Crippen molar-refractivity contribution in [2.45, 2.75) is 38.7 Å². The molecule has 1 amide bonds. The Hall–Kier alpha value is -0.610. The van der Waals surface area contributed by atoms with Gasteiger partial charge in [-0.25, -0.2) is 0 Å². The van der Waals surface area contributed by atoms with Gasteiger partial charge in [0.05, 0.1) is 6.10 Å². The molecule has 0 aromatic rings. The molecular weight excluding hydrogens is 204 g/mol. The van der Waals surface area contributed by atoms with Gasteiger partial charge in [0.25, 0.3) is 0 Å². The molecule has 0 aromatic carbocycles. The van der Waals surface area contributed by atoms with E-state index < -0.39 is 0 Å². The second-order valence-corrected chi connectivity index (χ2v) is 4.60. The number of methoxy groups -OCH3 is 1. The molecule has 1 heterocycles. The Morgan fingerprint density at radius 2 is 2.44 bits per heavy atom. The molecule has 1 fully saturated rings. The lowest BCUT2D eigenvalue weighted by atomic mass is 9.94. The van der Waals surface area contributed by atoms with Crippen LogP contribution in [0.25, 0.3) is 0 Å². The van der Waals surface area contributed by atoms with Crippen LogP contribution in [0.1, 0.15) is 32.6 Å². The summed E-state index contributed by atoms with van der Waals surface area (Å²) >= 11 is 0. The SMILES string of the molecule is COC(C)CNC(=O)CCC1CCCNC1. The maximum atomic E-state index is 11.5. The second-order valence-electron chi connectivity index (χ2n) is 4.60. The number of hydrogen-bond acceptors (Lipinski definition) is 3. The first kappa shape index (κ1) is 13.5. The van der Waals surface area contributed by atoms with Crippen LogP contribution >= 0.6 is 0 Å². The third-order valence-corrected chi connectivity index (χ3v) is 3.17. The van der Waals surface area contributed by atoms with Crippen LogP contribution < -0.4 is 10.6 Å². The summed E-state index contributed by atoms with van der Waals surface area (Å²) in [5, 5.41) is 6.25. The van der Waals surface area contributed by atoms with E-state index in [9.17, 15) is 4.79 Å². The fourth-order valence-corrected chi connectivity index (χ4v) is 1.93. The first-order valence-electron chi connectivity index (χ1n) is 6.22. The van der Waals surface area contributed by atoms with Gasteiger partial charge in [0.2, 0.25) is 5.91 Å². The van der Waals surface area contributed by atoms with Crippen LogP contribution in [0.5, 0.6) is 0 Å². The molecule has 0 saturated carbocycles. The van der Waals surface area contributed by atoms with Gasteiger partial charge in [-0.2, -0.15) is 0 Å². The summed E-state index contributed by atoms with van der Waals surface area (Å²) in [5.74, 6) is 0.828. The summed E-state index contributed by atoms with van der Waals surface area (Å²) in [4.78, 5) is 11.5. The largest absolute Gasteiger partial charge is 0.380 e. The highest BCUT2D eigenvalue weighted by Crippen LogP contribution is 2.15. The number of nitrogens with one attached hydrogen (secondary N) is 2. The standard InChI is InChI=1S/C12H24N2O2/c1-10(16-2)8-14-12(15)6-5-11-4-3-7-13-9-11/h10-11,13H,3-9H2,1-2H3,(H,14,15). The van der Waals surface area contributed by atoms with Crippen molar-refractivity contribution < 1.29 is 9.53 Å². The highest BCUT2D eigenvalue weighted by Gasteiger charge is 2.14. The Balaban J connectivity index is 2.05. The van der Waals surface area contributed by atoms with E-state index in [1.165, 1.54) is 12.8 Å². The number of rotatable bonds is 6. The summed E-state index contributed by atoms with van der Waals surface area (Å²) in [6, 6.07) is 0. The monoisotopic (exact) mass is 228 g/mol. The van der Waals surface area contributed by atoms with Gasteiger partial charge in [-0.05, 0) is 45.2 Å². The summed E-state index contributed by atoms with van der Waals surface area (Å²) < 4.78 is 5.07. The molecule has 1 saturated heterocycles. The lowest BCUT2D eigenvalue weighted by Crippen LogP contribution is -2.33. The average molecular weight is 228 g/mol. The Morgan fingerprint density at radius 1 is 1.62 bits per heavy atom. The van der Waals surface area contributed by atoms with Crippen molar-refractivity contribution in [3.05, 3.63) is 0 Å². The molecular formula is C12H24N2O2. The van der Waals surface area contributed by atoms with Crippen LogP contribution in [0.3, 0.4) is 0 Å². The van der Waals surface area contributed by atoms with Crippen LogP contribution in [0.4, 0.5) is 0 Å². The number of carbonyl (C=O) groups excluding carboxylic acids is 1. The van der Waals surface area contributed by atoms with Crippen molar-refractivity contribution in [2.75, 3.05) is 26.7 Å². The third-order valence-electron chi connectivity index (χ3n) is 3.17. The van der Waals surface area contributed by atoms with E-state index in [1.807, 2.05) is 6.92 Å². The topological polar surface area (TPSA) is 50.4 Å². The minimum atomic E-state index is 0.0975. The number of amides is 1.